The zero-order valence-electron chi connectivity index (χ0n) is 8.10. The molecule has 7 heteroatoms. The van der Waals surface area contributed by atoms with Gasteiger partial charge in [-0.1, -0.05) is 0 Å². The molecule has 1 fully saturated rings. The van der Waals surface area contributed by atoms with Gasteiger partial charge in [-0.05, 0) is 0 Å². The van der Waals surface area contributed by atoms with Crippen molar-refractivity contribution in [1.82, 2.24) is 15.3 Å². The maximum absolute atomic E-state index is 11.2. The molecule has 80 valence electrons. The summed E-state index contributed by atoms with van der Waals surface area (Å²) in [7, 11) is 0. The van der Waals surface area contributed by atoms with Gasteiger partial charge in [0.15, 0.2) is 0 Å². The van der Waals surface area contributed by atoms with E-state index >= 15 is 0 Å². The zero-order valence-corrected chi connectivity index (χ0v) is 8.10. The van der Waals surface area contributed by atoms with Gasteiger partial charge in [0.05, 0.1) is 6.54 Å². The van der Waals surface area contributed by atoms with E-state index < -0.39 is 0 Å². The van der Waals surface area contributed by atoms with E-state index in [1.807, 2.05) is 4.90 Å². The van der Waals surface area contributed by atoms with E-state index in [0.29, 0.717) is 24.7 Å². The number of carbonyl (C=O) groups excluding carboxylic acids is 1. The summed E-state index contributed by atoms with van der Waals surface area (Å²) in [5, 5.41) is 2.72. The van der Waals surface area contributed by atoms with Gasteiger partial charge in [0.2, 0.25) is 11.9 Å². The van der Waals surface area contributed by atoms with Crippen molar-refractivity contribution in [3.63, 3.8) is 0 Å². The minimum Gasteiger partial charge on any atom is -0.383 e. The predicted octanol–water partition coefficient (Wildman–Crippen LogP) is -1.42. The van der Waals surface area contributed by atoms with Crippen molar-refractivity contribution in [2.75, 3.05) is 36.0 Å². The molecule has 0 saturated carbocycles. The van der Waals surface area contributed by atoms with Crippen LogP contribution in [-0.2, 0) is 4.79 Å². The van der Waals surface area contributed by atoms with E-state index in [2.05, 4.69) is 15.3 Å². The molecular weight excluding hydrogens is 196 g/mol. The highest BCUT2D eigenvalue weighted by atomic mass is 16.2. The Balaban J connectivity index is 2.24. The molecule has 1 aromatic rings. The molecule has 0 unspecified atom stereocenters. The Morgan fingerprint density at radius 1 is 1.40 bits per heavy atom. The fourth-order valence-electron chi connectivity index (χ4n) is 1.47. The Hall–Kier alpha value is -2.05. The number of carbonyl (C=O) groups is 1. The molecule has 2 rings (SSSR count). The van der Waals surface area contributed by atoms with Gasteiger partial charge in [-0.2, -0.15) is 9.97 Å². The molecule has 1 aromatic heterocycles. The van der Waals surface area contributed by atoms with Crippen molar-refractivity contribution < 1.29 is 4.79 Å². The monoisotopic (exact) mass is 208 g/mol. The third kappa shape index (κ3) is 2.06. The molecule has 1 aliphatic rings. The molecule has 0 spiro atoms. The summed E-state index contributed by atoms with van der Waals surface area (Å²) in [6, 6.07) is 1.61. The highest BCUT2D eigenvalue weighted by Gasteiger charge is 2.18. The molecule has 5 N–H and O–H groups in total. The van der Waals surface area contributed by atoms with E-state index in [9.17, 15) is 4.79 Å². The van der Waals surface area contributed by atoms with Crippen molar-refractivity contribution in [3.8, 4) is 0 Å². The van der Waals surface area contributed by atoms with Crippen LogP contribution in [0.4, 0.5) is 17.6 Å². The zero-order chi connectivity index (χ0) is 10.8. The Labute approximate surface area is 86.5 Å². The van der Waals surface area contributed by atoms with Gasteiger partial charge in [0, 0.05) is 19.2 Å². The second kappa shape index (κ2) is 3.60. The lowest BCUT2D eigenvalue weighted by Crippen LogP contribution is -2.48. The van der Waals surface area contributed by atoms with E-state index in [1.54, 1.807) is 6.07 Å². The number of hydrogen-bond donors (Lipinski definition) is 3. The van der Waals surface area contributed by atoms with E-state index in [0.717, 1.165) is 0 Å². The Morgan fingerprint density at radius 3 is 2.87 bits per heavy atom. The van der Waals surface area contributed by atoms with Crippen molar-refractivity contribution in [1.29, 1.82) is 0 Å². The van der Waals surface area contributed by atoms with Gasteiger partial charge >= 0.3 is 0 Å². The minimum absolute atomic E-state index is 0.0306. The molecule has 0 radical (unpaired) electrons. The quantitative estimate of drug-likeness (QED) is 0.522. The molecule has 2 heterocycles. The van der Waals surface area contributed by atoms with Crippen LogP contribution in [0.2, 0.25) is 0 Å². The summed E-state index contributed by atoms with van der Waals surface area (Å²) in [5.74, 6) is 0.992. The Bertz CT molecular complexity index is 372. The van der Waals surface area contributed by atoms with Crippen LogP contribution in [0.25, 0.3) is 0 Å². The lowest BCUT2D eigenvalue weighted by Gasteiger charge is -2.27. The molecule has 15 heavy (non-hydrogen) atoms. The van der Waals surface area contributed by atoms with Crippen molar-refractivity contribution in [2.45, 2.75) is 0 Å². The maximum atomic E-state index is 11.2. The lowest BCUT2D eigenvalue weighted by atomic mass is 10.3. The smallest absolute Gasteiger partial charge is 0.239 e. The lowest BCUT2D eigenvalue weighted by molar-refractivity contribution is -0.120. The third-order valence-electron chi connectivity index (χ3n) is 2.11. The second-order valence-electron chi connectivity index (χ2n) is 3.28. The SMILES string of the molecule is Nc1cc(N2CCNC(=O)C2)nc(N)n1. The number of nitrogens with two attached hydrogens (primary N) is 2. The fraction of sp³-hybridized carbons (Fsp3) is 0.375. The first-order valence-corrected chi connectivity index (χ1v) is 4.57. The highest BCUT2D eigenvalue weighted by Crippen LogP contribution is 2.15. The number of piperazine rings is 1. The number of nitrogen functional groups attached to an aromatic ring is 2. The van der Waals surface area contributed by atoms with Crippen LogP contribution < -0.4 is 21.7 Å². The van der Waals surface area contributed by atoms with Gasteiger partial charge in [-0.25, -0.2) is 0 Å². The summed E-state index contributed by atoms with van der Waals surface area (Å²) < 4.78 is 0. The van der Waals surface area contributed by atoms with Crippen LogP contribution in [0.3, 0.4) is 0 Å². The normalized spacial score (nSPS) is 16.3. The number of rotatable bonds is 1. The molecule has 1 aliphatic heterocycles. The van der Waals surface area contributed by atoms with E-state index in [1.165, 1.54) is 0 Å². The number of amides is 1. The first-order valence-electron chi connectivity index (χ1n) is 4.57. The summed E-state index contributed by atoms with van der Waals surface area (Å²) in [6.07, 6.45) is 0. The van der Waals surface area contributed by atoms with E-state index in [-0.39, 0.29) is 18.4 Å². The van der Waals surface area contributed by atoms with E-state index in [4.69, 9.17) is 11.5 Å². The van der Waals surface area contributed by atoms with Crippen LogP contribution in [-0.4, -0.2) is 35.5 Å². The number of nitrogens with zero attached hydrogens (tertiary/aromatic N) is 3. The third-order valence-corrected chi connectivity index (χ3v) is 2.11. The summed E-state index contributed by atoms with van der Waals surface area (Å²) in [5.41, 5.74) is 11.0. The first-order chi connectivity index (χ1) is 7.15. The second-order valence-corrected chi connectivity index (χ2v) is 3.28. The van der Waals surface area contributed by atoms with Crippen molar-refractivity contribution in [2.24, 2.45) is 0 Å². The molecular formula is C8H12N6O. The van der Waals surface area contributed by atoms with Gasteiger partial charge < -0.3 is 21.7 Å². The molecule has 1 amide bonds. The van der Waals surface area contributed by atoms with Crippen LogP contribution >= 0.6 is 0 Å². The van der Waals surface area contributed by atoms with Crippen LogP contribution in [0.15, 0.2) is 6.07 Å². The number of nitrogens with one attached hydrogen (secondary N) is 1. The molecule has 0 bridgehead atoms. The molecule has 0 atom stereocenters. The molecule has 0 aliphatic carbocycles. The average molecular weight is 208 g/mol. The summed E-state index contributed by atoms with van der Waals surface area (Å²) in [6.45, 7) is 1.57. The van der Waals surface area contributed by atoms with Crippen LogP contribution in [0, 0.1) is 0 Å². The van der Waals surface area contributed by atoms with Gasteiger partial charge in [0.25, 0.3) is 0 Å². The van der Waals surface area contributed by atoms with Crippen molar-refractivity contribution >= 4 is 23.5 Å². The summed E-state index contributed by atoms with van der Waals surface area (Å²) in [4.78, 5) is 20.8. The predicted molar refractivity (Wildman–Crippen MR) is 56.1 cm³/mol. The van der Waals surface area contributed by atoms with Gasteiger partial charge in [-0.15, -0.1) is 0 Å². The molecule has 7 nitrogen and oxygen atoms in total. The topological polar surface area (TPSA) is 110 Å². The van der Waals surface area contributed by atoms with Crippen LogP contribution in [0.5, 0.6) is 0 Å². The Kier molecular flexibility index (Phi) is 2.28. The van der Waals surface area contributed by atoms with Gasteiger partial charge in [-0.3, -0.25) is 4.79 Å². The standard InChI is InChI=1S/C8H12N6O/c9-5-3-6(13-8(10)12-5)14-2-1-11-7(15)4-14/h3H,1-2,4H2,(H,11,15)(H4,9,10,12,13). The van der Waals surface area contributed by atoms with Crippen LogP contribution in [0.1, 0.15) is 0 Å². The average Bonchev–Trinajstić information content (AvgIpc) is 2.16. The van der Waals surface area contributed by atoms with Gasteiger partial charge in [0.1, 0.15) is 11.6 Å². The number of aromatic nitrogens is 2. The minimum atomic E-state index is -0.0306. The highest BCUT2D eigenvalue weighted by molar-refractivity contribution is 5.82. The fourth-order valence-corrected chi connectivity index (χ4v) is 1.47. The van der Waals surface area contributed by atoms with Crippen molar-refractivity contribution in [3.05, 3.63) is 6.07 Å². The summed E-state index contributed by atoms with van der Waals surface area (Å²) >= 11 is 0. The largest absolute Gasteiger partial charge is 0.383 e. The first kappa shape index (κ1) is 9.50. The molecule has 0 aromatic carbocycles. The molecule has 1 saturated heterocycles. The Morgan fingerprint density at radius 2 is 2.20 bits per heavy atom. The number of hydrogen-bond acceptors (Lipinski definition) is 6. The maximum Gasteiger partial charge on any atom is 0.239 e. The number of anilines is 3.